The molecule has 0 saturated heterocycles. The molecule has 4 aromatic rings. The Labute approximate surface area is 288 Å². The van der Waals surface area contributed by atoms with Crippen LogP contribution in [-0.4, -0.2) is 62.1 Å². The Hall–Kier alpha value is -4.37. The molecule has 0 radical (unpaired) electrons. The number of thiophene rings is 1. The van der Waals surface area contributed by atoms with Gasteiger partial charge >= 0.3 is 6.09 Å². The van der Waals surface area contributed by atoms with Gasteiger partial charge in [-0.05, 0) is 53.4 Å². The number of rotatable bonds is 14. The number of anilines is 1. The number of halogens is 2. The van der Waals surface area contributed by atoms with E-state index in [0.717, 1.165) is 15.4 Å². The molecule has 3 aromatic carbocycles. The molecule has 0 aliphatic heterocycles. The van der Waals surface area contributed by atoms with Crippen LogP contribution in [0.25, 0.3) is 0 Å². The van der Waals surface area contributed by atoms with Crippen molar-refractivity contribution in [1.82, 2.24) is 14.9 Å². The minimum atomic E-state index is -4.23. The summed E-state index contributed by atoms with van der Waals surface area (Å²) >= 11 is 1.17. The van der Waals surface area contributed by atoms with E-state index >= 15 is 0 Å². The van der Waals surface area contributed by atoms with Crippen molar-refractivity contribution in [3.8, 4) is 0 Å². The Morgan fingerprint density at radius 3 is 2.10 bits per heavy atom. The molecule has 2 atom stereocenters. The first kappa shape index (κ1) is 35.9. The number of alkyl carbamates (subject to hydrolysis) is 1. The van der Waals surface area contributed by atoms with Gasteiger partial charge in [-0.15, -0.1) is 11.3 Å². The first-order valence-electron chi connectivity index (χ1n) is 15.6. The first-order valence-corrected chi connectivity index (χ1v) is 17.8. The highest BCUT2D eigenvalue weighted by Gasteiger charge is 2.48. The summed E-state index contributed by atoms with van der Waals surface area (Å²) in [5.41, 5.74) is 7.70. The Morgan fingerprint density at radius 1 is 0.980 bits per heavy atom. The molecule has 1 heterocycles. The molecule has 14 heteroatoms. The van der Waals surface area contributed by atoms with Crippen molar-refractivity contribution >= 4 is 39.0 Å². The summed E-state index contributed by atoms with van der Waals surface area (Å²) in [7, 11) is -3.02. The lowest BCUT2D eigenvalue weighted by Gasteiger charge is -2.39. The molecular weight excluding hydrogens is 675 g/mol. The van der Waals surface area contributed by atoms with Gasteiger partial charge in [0.05, 0.1) is 31.2 Å². The number of hydrogen-bond acceptors (Lipinski definition) is 8. The summed E-state index contributed by atoms with van der Waals surface area (Å²) < 4.78 is 61.1. The number of nitrogen functional groups attached to an aromatic ring is 1. The number of sulfonamides is 1. The molecular formula is C35H38F2N4O6S2. The van der Waals surface area contributed by atoms with Gasteiger partial charge in [0.15, 0.2) is 0 Å². The quantitative estimate of drug-likeness (QED) is 0.130. The average Bonchev–Trinajstić information content (AvgIpc) is 3.55. The van der Waals surface area contributed by atoms with Crippen LogP contribution in [0.1, 0.15) is 45.7 Å². The maximum atomic E-state index is 13.9. The second-order valence-corrected chi connectivity index (χ2v) is 15.0. The number of aliphatic hydroxyl groups is 1. The molecule has 49 heavy (non-hydrogen) atoms. The van der Waals surface area contributed by atoms with E-state index in [1.54, 1.807) is 12.1 Å². The zero-order chi connectivity index (χ0) is 35.2. The number of nitrogens with zero attached hydrogens (tertiary/aromatic N) is 1. The molecule has 2 amide bonds. The fourth-order valence-corrected chi connectivity index (χ4v) is 8.79. The molecule has 0 bridgehead atoms. The van der Waals surface area contributed by atoms with Crippen LogP contribution in [-0.2, 0) is 26.1 Å². The Bertz CT molecular complexity index is 1780. The molecule has 1 saturated carbocycles. The first-order chi connectivity index (χ1) is 23.4. The molecule has 260 valence electrons. The molecule has 5 N–H and O–H groups in total. The molecule has 10 nitrogen and oxygen atoms in total. The van der Waals surface area contributed by atoms with E-state index in [2.05, 4.69) is 10.6 Å². The second-order valence-electron chi connectivity index (χ2n) is 11.9. The second kappa shape index (κ2) is 15.5. The number of methoxy groups -OCH3 is 1. The zero-order valence-electron chi connectivity index (χ0n) is 26.7. The summed E-state index contributed by atoms with van der Waals surface area (Å²) in [6.07, 6.45) is -1.68. The molecule has 0 spiro atoms. The largest absolute Gasteiger partial charge is 0.453 e. The minimum Gasteiger partial charge on any atom is -0.453 e. The molecule has 1 aliphatic rings. The number of ether oxygens (including phenoxy) is 1. The number of hydrogen-bond donors (Lipinski definition) is 4. The van der Waals surface area contributed by atoms with Crippen molar-refractivity contribution in [3.63, 3.8) is 0 Å². The fraction of sp³-hybridized carbons (Fsp3) is 0.314. The molecule has 5 rings (SSSR count). The third-order valence-electron chi connectivity index (χ3n) is 8.46. The Balaban J connectivity index is 1.38. The van der Waals surface area contributed by atoms with E-state index in [-0.39, 0.29) is 18.0 Å². The van der Waals surface area contributed by atoms with E-state index in [0.29, 0.717) is 15.4 Å². The topological polar surface area (TPSA) is 151 Å². The highest BCUT2D eigenvalue weighted by atomic mass is 32.2. The maximum Gasteiger partial charge on any atom is 0.407 e. The van der Waals surface area contributed by atoms with E-state index in [1.165, 1.54) is 42.7 Å². The van der Waals surface area contributed by atoms with Crippen LogP contribution in [0.2, 0.25) is 0 Å². The van der Waals surface area contributed by atoms with Gasteiger partial charge in [0, 0.05) is 40.7 Å². The monoisotopic (exact) mass is 712 g/mol. The van der Waals surface area contributed by atoms with Gasteiger partial charge in [-0.25, -0.2) is 22.0 Å². The van der Waals surface area contributed by atoms with Gasteiger partial charge in [-0.3, -0.25) is 4.79 Å². The van der Waals surface area contributed by atoms with Crippen LogP contribution >= 0.6 is 11.3 Å². The number of aliphatic hydroxyl groups excluding tert-OH is 1. The minimum absolute atomic E-state index is 0.0247. The van der Waals surface area contributed by atoms with E-state index in [1.807, 2.05) is 60.7 Å². The normalized spacial score (nSPS) is 15.7. The smallest absolute Gasteiger partial charge is 0.407 e. The predicted octanol–water partition coefficient (Wildman–Crippen LogP) is 5.27. The van der Waals surface area contributed by atoms with Gasteiger partial charge in [0.1, 0.15) is 6.04 Å². The number of amides is 2. The molecule has 1 aliphatic carbocycles. The number of nitrogens with one attached hydrogen (secondary N) is 2. The number of carbonyl (C=O) groups is 2. The average molecular weight is 713 g/mol. The van der Waals surface area contributed by atoms with Gasteiger partial charge in [-0.1, -0.05) is 60.7 Å². The van der Waals surface area contributed by atoms with Crippen molar-refractivity contribution in [2.24, 2.45) is 5.92 Å². The van der Waals surface area contributed by atoms with Gasteiger partial charge in [0.2, 0.25) is 21.9 Å². The SMILES string of the molecule is COC(=O)N[C@H](C(=O)NCc1ccc(C(CO)N(CC2CC(F)(F)C2)S(=O)(=O)c2ccc(N)cc2)s1)C(c1ccccc1)c1ccccc1. The highest BCUT2D eigenvalue weighted by Crippen LogP contribution is 2.44. The van der Waals surface area contributed by atoms with Gasteiger partial charge in [0.25, 0.3) is 0 Å². The van der Waals surface area contributed by atoms with Crippen molar-refractivity contribution in [1.29, 1.82) is 0 Å². The zero-order valence-corrected chi connectivity index (χ0v) is 28.3. The third kappa shape index (κ3) is 8.63. The van der Waals surface area contributed by atoms with Crippen molar-refractivity contribution in [3.05, 3.63) is 118 Å². The van der Waals surface area contributed by atoms with E-state index in [4.69, 9.17) is 10.5 Å². The summed E-state index contributed by atoms with van der Waals surface area (Å²) in [5, 5.41) is 16.1. The van der Waals surface area contributed by atoms with Crippen LogP contribution in [0, 0.1) is 5.92 Å². The van der Waals surface area contributed by atoms with Crippen LogP contribution in [0.3, 0.4) is 0 Å². The van der Waals surface area contributed by atoms with Crippen molar-refractivity contribution in [2.75, 3.05) is 26.0 Å². The van der Waals surface area contributed by atoms with E-state index in [9.17, 15) is 31.9 Å². The summed E-state index contributed by atoms with van der Waals surface area (Å²) in [6, 6.07) is 25.3. The summed E-state index contributed by atoms with van der Waals surface area (Å²) in [6.45, 7) is -0.791. The van der Waals surface area contributed by atoms with Crippen molar-refractivity contribution in [2.45, 2.75) is 48.2 Å². The number of benzene rings is 3. The predicted molar refractivity (Wildman–Crippen MR) is 182 cm³/mol. The molecule has 1 fully saturated rings. The number of alkyl halides is 2. The van der Waals surface area contributed by atoms with Crippen LogP contribution in [0.15, 0.2) is 102 Å². The molecule has 1 aromatic heterocycles. The highest BCUT2D eigenvalue weighted by molar-refractivity contribution is 7.89. The number of nitrogens with two attached hydrogens (primary N) is 1. The van der Waals surface area contributed by atoms with Crippen LogP contribution in [0.4, 0.5) is 19.3 Å². The number of carbonyl (C=O) groups excluding carboxylic acids is 2. The lowest BCUT2D eigenvalue weighted by Crippen LogP contribution is -2.50. The van der Waals surface area contributed by atoms with Crippen LogP contribution in [0.5, 0.6) is 0 Å². The lowest BCUT2D eigenvalue weighted by molar-refractivity contribution is -0.123. The Kier molecular flexibility index (Phi) is 11.3. The van der Waals surface area contributed by atoms with Crippen molar-refractivity contribution < 1.29 is 36.6 Å². The van der Waals surface area contributed by atoms with Gasteiger partial charge < -0.3 is 26.2 Å². The summed E-state index contributed by atoms with van der Waals surface area (Å²) in [4.78, 5) is 27.3. The third-order valence-corrected chi connectivity index (χ3v) is 11.5. The van der Waals surface area contributed by atoms with E-state index < -0.39 is 71.3 Å². The Morgan fingerprint density at radius 2 is 1.57 bits per heavy atom. The molecule has 1 unspecified atom stereocenters. The lowest BCUT2D eigenvalue weighted by atomic mass is 9.81. The van der Waals surface area contributed by atoms with Crippen LogP contribution < -0.4 is 16.4 Å². The standard InChI is InChI=1S/C35H38F2N4O6S2/c1-47-34(44)40-32(31(24-8-4-2-5-9-24)25-10-6-3-7-11-25)33(43)39-20-27-14-17-30(48-27)29(22-42)41(21-23-18-35(36,37)19-23)49(45,46)28-15-12-26(38)13-16-28/h2-17,23,29,31-32,42H,18-22,38H2,1H3,(H,39,43)(H,40,44)/t29?,32-/m0/s1. The van der Waals surface area contributed by atoms with Gasteiger partial charge in [-0.2, -0.15) is 4.31 Å². The maximum absolute atomic E-state index is 13.9. The fourth-order valence-electron chi connectivity index (χ4n) is 6.00. The summed E-state index contributed by atoms with van der Waals surface area (Å²) in [5.74, 6) is -4.50.